The lowest BCUT2D eigenvalue weighted by Crippen LogP contribution is -2.29. The molecule has 2 rings (SSSR count). The van der Waals surface area contributed by atoms with Crippen molar-refractivity contribution in [3.63, 3.8) is 0 Å². The minimum Gasteiger partial charge on any atom is -0.492 e. The normalized spacial score (nSPS) is 17.1. The van der Waals surface area contributed by atoms with Gasteiger partial charge in [0.15, 0.2) is 0 Å². The molecule has 1 heterocycles. The molecule has 1 aliphatic rings. The van der Waals surface area contributed by atoms with Crippen molar-refractivity contribution in [2.24, 2.45) is 0 Å². The number of nitrogens with two attached hydrogens (primary N) is 1. The van der Waals surface area contributed by atoms with E-state index in [2.05, 4.69) is 5.32 Å². The minimum atomic E-state index is 0. The molecule has 0 spiro atoms. The fourth-order valence-corrected chi connectivity index (χ4v) is 1.57. The molecule has 17 heavy (non-hydrogen) atoms. The summed E-state index contributed by atoms with van der Waals surface area (Å²) in [6.45, 7) is 2.19. The number of rotatable bonds is 2. The smallest absolute Gasteiger partial charge is 0.145 e. The number of anilines is 1. The van der Waals surface area contributed by atoms with E-state index in [4.69, 9.17) is 26.8 Å². The highest BCUT2D eigenvalue weighted by atomic mass is 35.5. The highest BCUT2D eigenvalue weighted by molar-refractivity contribution is 6.32. The second kappa shape index (κ2) is 6.59. The predicted molar refractivity (Wildman–Crippen MR) is 70.6 cm³/mol. The SMILES string of the molecule is Cl.Nc1ccc(OC=C2CNCCO2)c(Cl)c1. The molecule has 0 aromatic heterocycles. The number of hydrogen-bond acceptors (Lipinski definition) is 4. The van der Waals surface area contributed by atoms with Crippen LogP contribution >= 0.6 is 24.0 Å². The Kier molecular flexibility index (Phi) is 5.41. The Labute approximate surface area is 111 Å². The summed E-state index contributed by atoms with van der Waals surface area (Å²) in [4.78, 5) is 0. The van der Waals surface area contributed by atoms with Crippen LogP contribution in [0.15, 0.2) is 30.2 Å². The fourth-order valence-electron chi connectivity index (χ4n) is 1.33. The number of morpholine rings is 1. The van der Waals surface area contributed by atoms with Crippen LogP contribution in [0.4, 0.5) is 5.69 Å². The Balaban J connectivity index is 0.00000144. The Bertz CT molecular complexity index is 402. The molecule has 0 amide bonds. The topological polar surface area (TPSA) is 56.5 Å². The molecule has 0 unspecified atom stereocenters. The number of ether oxygens (including phenoxy) is 2. The van der Waals surface area contributed by atoms with Gasteiger partial charge in [-0.2, -0.15) is 0 Å². The van der Waals surface area contributed by atoms with Gasteiger partial charge in [-0.1, -0.05) is 11.6 Å². The van der Waals surface area contributed by atoms with E-state index in [0.717, 1.165) is 12.3 Å². The molecule has 3 N–H and O–H groups in total. The number of halogens is 2. The third kappa shape index (κ3) is 4.00. The summed E-state index contributed by atoms with van der Waals surface area (Å²) in [6, 6.07) is 5.11. The number of nitrogen functional groups attached to an aromatic ring is 1. The van der Waals surface area contributed by atoms with E-state index in [1.807, 2.05) is 0 Å². The highest BCUT2D eigenvalue weighted by Gasteiger charge is 2.06. The summed E-state index contributed by atoms with van der Waals surface area (Å²) in [5.74, 6) is 1.33. The van der Waals surface area contributed by atoms with E-state index in [1.165, 1.54) is 0 Å². The van der Waals surface area contributed by atoms with Crippen molar-refractivity contribution in [1.82, 2.24) is 5.32 Å². The van der Waals surface area contributed by atoms with Crippen molar-refractivity contribution in [2.75, 3.05) is 25.4 Å². The Morgan fingerprint density at radius 1 is 1.47 bits per heavy atom. The van der Waals surface area contributed by atoms with Gasteiger partial charge in [0.2, 0.25) is 0 Å². The monoisotopic (exact) mass is 276 g/mol. The first-order chi connectivity index (χ1) is 7.75. The standard InChI is InChI=1S/C11H13ClN2O2.ClH/c12-10-5-8(13)1-2-11(10)16-7-9-6-14-3-4-15-9;/h1-2,5,7,14H,3-4,6,13H2;1H. The van der Waals surface area contributed by atoms with Crippen LogP contribution in [0.3, 0.4) is 0 Å². The zero-order valence-corrected chi connectivity index (χ0v) is 10.7. The summed E-state index contributed by atoms with van der Waals surface area (Å²) in [5.41, 5.74) is 6.19. The lowest BCUT2D eigenvalue weighted by Gasteiger charge is -2.17. The average molecular weight is 277 g/mol. The summed E-state index contributed by atoms with van der Waals surface area (Å²) >= 11 is 5.96. The first-order valence-electron chi connectivity index (χ1n) is 5.00. The number of nitrogens with one attached hydrogen (secondary N) is 1. The third-order valence-electron chi connectivity index (χ3n) is 2.14. The van der Waals surface area contributed by atoms with Crippen molar-refractivity contribution in [2.45, 2.75) is 0 Å². The van der Waals surface area contributed by atoms with Gasteiger partial charge < -0.3 is 20.5 Å². The lowest BCUT2D eigenvalue weighted by atomic mass is 10.3. The fraction of sp³-hybridized carbons (Fsp3) is 0.273. The average Bonchev–Trinajstić information content (AvgIpc) is 2.29. The molecule has 0 bridgehead atoms. The molecule has 4 nitrogen and oxygen atoms in total. The molecular weight excluding hydrogens is 263 g/mol. The molecule has 6 heteroatoms. The first-order valence-corrected chi connectivity index (χ1v) is 5.38. The molecular formula is C11H14Cl2N2O2. The molecule has 0 aliphatic carbocycles. The second-order valence-electron chi connectivity index (χ2n) is 3.42. The number of hydrogen-bond donors (Lipinski definition) is 2. The van der Waals surface area contributed by atoms with E-state index in [1.54, 1.807) is 24.5 Å². The van der Waals surface area contributed by atoms with E-state index in [9.17, 15) is 0 Å². The molecule has 0 atom stereocenters. The van der Waals surface area contributed by atoms with Crippen molar-refractivity contribution in [3.05, 3.63) is 35.2 Å². The van der Waals surface area contributed by atoms with Gasteiger partial charge in [0.1, 0.15) is 24.4 Å². The quantitative estimate of drug-likeness (QED) is 0.642. The zero-order chi connectivity index (χ0) is 11.4. The van der Waals surface area contributed by atoms with Crippen molar-refractivity contribution >= 4 is 29.7 Å². The number of benzene rings is 1. The molecule has 1 fully saturated rings. The lowest BCUT2D eigenvalue weighted by molar-refractivity contribution is 0.168. The molecule has 1 aromatic carbocycles. The maximum atomic E-state index is 5.96. The Morgan fingerprint density at radius 3 is 2.94 bits per heavy atom. The predicted octanol–water partition coefficient (Wildman–Crippen LogP) is 2.18. The molecule has 1 aliphatic heterocycles. The summed E-state index contributed by atoms with van der Waals surface area (Å²) in [7, 11) is 0. The summed E-state index contributed by atoms with van der Waals surface area (Å²) in [5, 5.41) is 3.66. The Hall–Kier alpha value is -1.10. The van der Waals surface area contributed by atoms with Gasteiger partial charge in [0.05, 0.1) is 11.6 Å². The summed E-state index contributed by atoms with van der Waals surface area (Å²) < 4.78 is 10.8. The van der Waals surface area contributed by atoms with E-state index in [0.29, 0.717) is 29.6 Å². The van der Waals surface area contributed by atoms with Crippen molar-refractivity contribution in [3.8, 4) is 5.75 Å². The maximum absolute atomic E-state index is 5.96. The van der Waals surface area contributed by atoms with Crippen molar-refractivity contribution < 1.29 is 9.47 Å². The maximum Gasteiger partial charge on any atom is 0.145 e. The van der Waals surface area contributed by atoms with E-state index < -0.39 is 0 Å². The Morgan fingerprint density at radius 2 is 2.29 bits per heavy atom. The van der Waals surface area contributed by atoms with Crippen LogP contribution in [-0.4, -0.2) is 19.7 Å². The van der Waals surface area contributed by atoms with Crippen molar-refractivity contribution in [1.29, 1.82) is 0 Å². The van der Waals surface area contributed by atoms with Gasteiger partial charge >= 0.3 is 0 Å². The van der Waals surface area contributed by atoms with E-state index in [-0.39, 0.29) is 12.4 Å². The highest BCUT2D eigenvalue weighted by Crippen LogP contribution is 2.26. The molecule has 1 aromatic rings. The third-order valence-corrected chi connectivity index (χ3v) is 2.43. The van der Waals surface area contributed by atoms with Crippen LogP contribution in [0.25, 0.3) is 0 Å². The van der Waals surface area contributed by atoms with Crippen LogP contribution in [0.5, 0.6) is 5.75 Å². The van der Waals surface area contributed by atoms with Crippen LogP contribution in [0.2, 0.25) is 5.02 Å². The van der Waals surface area contributed by atoms with E-state index >= 15 is 0 Å². The van der Waals surface area contributed by atoms with Gasteiger partial charge in [-0.3, -0.25) is 0 Å². The molecule has 94 valence electrons. The second-order valence-corrected chi connectivity index (χ2v) is 3.82. The zero-order valence-electron chi connectivity index (χ0n) is 9.11. The van der Waals surface area contributed by atoms with Gasteiger partial charge in [0, 0.05) is 12.2 Å². The van der Waals surface area contributed by atoms with Gasteiger partial charge in [-0.05, 0) is 18.2 Å². The largest absolute Gasteiger partial charge is 0.492 e. The van der Waals surface area contributed by atoms with Crippen LogP contribution in [0, 0.1) is 0 Å². The van der Waals surface area contributed by atoms with Gasteiger partial charge in [-0.25, -0.2) is 0 Å². The molecule has 0 radical (unpaired) electrons. The molecule has 1 saturated heterocycles. The van der Waals surface area contributed by atoms with Crippen LogP contribution < -0.4 is 15.8 Å². The van der Waals surface area contributed by atoms with Crippen LogP contribution in [-0.2, 0) is 4.74 Å². The van der Waals surface area contributed by atoms with Gasteiger partial charge in [-0.15, -0.1) is 12.4 Å². The molecule has 0 saturated carbocycles. The first kappa shape index (κ1) is 14.0. The summed E-state index contributed by atoms with van der Waals surface area (Å²) in [6.07, 6.45) is 1.56. The van der Waals surface area contributed by atoms with Gasteiger partial charge in [0.25, 0.3) is 0 Å². The minimum absolute atomic E-state index is 0. The van der Waals surface area contributed by atoms with Crippen LogP contribution in [0.1, 0.15) is 0 Å².